The van der Waals surface area contributed by atoms with Gasteiger partial charge in [-0.15, -0.1) is 24.0 Å². The molecule has 0 radical (unpaired) electrons. The van der Waals surface area contributed by atoms with Crippen molar-refractivity contribution in [1.82, 2.24) is 20.4 Å². The van der Waals surface area contributed by atoms with Gasteiger partial charge in [-0.1, -0.05) is 23.2 Å². The molecule has 2 aromatic rings. The van der Waals surface area contributed by atoms with Crippen LogP contribution >= 0.6 is 47.2 Å². The quantitative estimate of drug-likeness (QED) is 0.155. The number of nitro groups is 1. The van der Waals surface area contributed by atoms with Gasteiger partial charge in [0.2, 0.25) is 0 Å². The number of aliphatic hydroxyl groups is 1. The second-order valence-electron chi connectivity index (χ2n) is 5.58. The molecule has 9 nitrogen and oxygen atoms in total. The normalized spacial score (nSPS) is 12.2. The molecule has 0 amide bonds. The van der Waals surface area contributed by atoms with Gasteiger partial charge in [0.25, 0.3) is 0 Å². The second-order valence-corrected chi connectivity index (χ2v) is 6.46. The Kier molecular flexibility index (Phi) is 10.5. The van der Waals surface area contributed by atoms with Crippen LogP contribution in [0.5, 0.6) is 0 Å². The average Bonchev–Trinajstić information content (AvgIpc) is 3.07. The van der Waals surface area contributed by atoms with Crippen LogP contribution < -0.4 is 10.6 Å². The third-order valence-electron chi connectivity index (χ3n) is 3.50. The first-order valence-corrected chi connectivity index (χ1v) is 8.97. The lowest BCUT2D eigenvalue weighted by molar-refractivity contribution is -0.385. The molecule has 1 aromatic carbocycles. The minimum Gasteiger partial charge on any atom is -0.386 e. The number of hydrogen-bond donors (Lipinski definition) is 3. The highest BCUT2D eigenvalue weighted by molar-refractivity contribution is 14.0. The lowest BCUT2D eigenvalue weighted by atomic mass is 10.1. The van der Waals surface area contributed by atoms with Crippen LogP contribution in [-0.4, -0.2) is 45.4 Å². The number of benzene rings is 1. The van der Waals surface area contributed by atoms with Crippen molar-refractivity contribution in [3.8, 4) is 0 Å². The Labute approximate surface area is 189 Å². The Morgan fingerprint density at radius 2 is 2.04 bits per heavy atom. The molecule has 1 aromatic heterocycles. The highest BCUT2D eigenvalue weighted by Gasteiger charge is 2.10. The minimum absolute atomic E-state index is 0. The predicted molar refractivity (Wildman–Crippen MR) is 120 cm³/mol. The molecule has 0 aliphatic rings. The molecule has 1 heterocycles. The average molecular weight is 543 g/mol. The molecule has 0 saturated heterocycles. The smallest absolute Gasteiger partial charge is 0.306 e. The van der Waals surface area contributed by atoms with Gasteiger partial charge in [-0.3, -0.25) is 19.8 Å². The van der Waals surface area contributed by atoms with Gasteiger partial charge >= 0.3 is 5.69 Å². The molecular weight excluding hydrogens is 522 g/mol. The van der Waals surface area contributed by atoms with Crippen molar-refractivity contribution in [3.63, 3.8) is 0 Å². The number of aromatic nitrogens is 2. The monoisotopic (exact) mass is 542 g/mol. The van der Waals surface area contributed by atoms with Gasteiger partial charge < -0.3 is 15.7 Å². The zero-order valence-corrected chi connectivity index (χ0v) is 18.9. The first-order valence-electron chi connectivity index (χ1n) is 8.22. The van der Waals surface area contributed by atoms with Gasteiger partial charge in [0.15, 0.2) is 5.96 Å². The molecule has 1 unspecified atom stereocenters. The van der Waals surface area contributed by atoms with E-state index in [1.165, 1.54) is 17.1 Å². The number of nitrogens with one attached hydrogen (secondary N) is 2. The molecule has 0 spiro atoms. The van der Waals surface area contributed by atoms with Crippen molar-refractivity contribution < 1.29 is 10.0 Å². The van der Waals surface area contributed by atoms with Gasteiger partial charge in [-0.25, -0.2) is 0 Å². The first kappa shape index (κ1) is 24.4. The number of rotatable bonds is 8. The first-order chi connectivity index (χ1) is 12.9. The van der Waals surface area contributed by atoms with Crippen LogP contribution in [-0.2, 0) is 6.54 Å². The zero-order valence-electron chi connectivity index (χ0n) is 15.0. The van der Waals surface area contributed by atoms with Crippen LogP contribution in [0.3, 0.4) is 0 Å². The number of guanidine groups is 1. The maximum Gasteiger partial charge on any atom is 0.306 e. The van der Waals surface area contributed by atoms with Crippen LogP contribution in [0.25, 0.3) is 0 Å². The molecule has 28 heavy (non-hydrogen) atoms. The molecule has 0 aliphatic heterocycles. The van der Waals surface area contributed by atoms with Gasteiger partial charge in [-0.2, -0.15) is 5.10 Å². The minimum atomic E-state index is -0.856. The highest BCUT2D eigenvalue weighted by Crippen LogP contribution is 2.23. The number of aliphatic imine (C=N–C) groups is 1. The molecule has 1 atom stereocenters. The summed E-state index contributed by atoms with van der Waals surface area (Å²) in [4.78, 5) is 14.5. The fourth-order valence-electron chi connectivity index (χ4n) is 2.25. The summed E-state index contributed by atoms with van der Waals surface area (Å²) in [6, 6.07) is 4.87. The van der Waals surface area contributed by atoms with Crippen molar-refractivity contribution in [2.45, 2.75) is 19.6 Å². The van der Waals surface area contributed by atoms with E-state index in [1.807, 2.05) is 6.92 Å². The Morgan fingerprint density at radius 3 is 2.61 bits per heavy atom. The molecule has 0 saturated carbocycles. The maximum atomic E-state index is 10.7. The Balaban J connectivity index is 0.00000392. The number of hydrogen-bond acceptors (Lipinski definition) is 5. The van der Waals surface area contributed by atoms with Crippen molar-refractivity contribution >= 4 is 58.8 Å². The van der Waals surface area contributed by atoms with Gasteiger partial charge in [0, 0.05) is 23.1 Å². The third kappa shape index (κ3) is 7.78. The van der Waals surface area contributed by atoms with Crippen molar-refractivity contribution in [1.29, 1.82) is 0 Å². The van der Waals surface area contributed by atoms with Crippen molar-refractivity contribution in [2.24, 2.45) is 4.99 Å². The summed E-state index contributed by atoms with van der Waals surface area (Å²) < 4.78 is 1.47. The molecule has 0 bridgehead atoms. The number of halogens is 3. The van der Waals surface area contributed by atoms with Gasteiger partial charge in [0.05, 0.1) is 24.1 Å². The predicted octanol–water partition coefficient (Wildman–Crippen LogP) is 3.00. The van der Waals surface area contributed by atoms with E-state index in [2.05, 4.69) is 20.7 Å². The number of aliphatic hydroxyl groups excluding tert-OH is 1. The Bertz CT molecular complexity index is 797. The van der Waals surface area contributed by atoms with Gasteiger partial charge in [0.1, 0.15) is 12.4 Å². The largest absolute Gasteiger partial charge is 0.386 e. The van der Waals surface area contributed by atoms with E-state index in [4.69, 9.17) is 23.2 Å². The third-order valence-corrected chi connectivity index (χ3v) is 3.94. The maximum absolute atomic E-state index is 10.7. The van der Waals surface area contributed by atoms with Crippen LogP contribution in [0, 0.1) is 10.1 Å². The number of nitrogens with zero attached hydrogens (tertiary/aromatic N) is 4. The van der Waals surface area contributed by atoms with Crippen LogP contribution in [0.2, 0.25) is 10.0 Å². The van der Waals surface area contributed by atoms with Crippen LogP contribution in [0.15, 0.2) is 35.6 Å². The molecule has 0 fully saturated rings. The summed E-state index contributed by atoms with van der Waals surface area (Å²) in [5.74, 6) is 0.506. The van der Waals surface area contributed by atoms with E-state index in [0.717, 1.165) is 0 Å². The topological polar surface area (TPSA) is 118 Å². The summed E-state index contributed by atoms with van der Waals surface area (Å²) in [6.07, 6.45) is 1.70. The molecule has 0 aliphatic carbocycles. The van der Waals surface area contributed by atoms with Crippen molar-refractivity contribution in [3.05, 3.63) is 56.3 Å². The molecule has 154 valence electrons. The van der Waals surface area contributed by atoms with Gasteiger partial charge in [-0.05, 0) is 30.7 Å². The zero-order chi connectivity index (χ0) is 19.8. The standard InChI is InChI=1S/C16H20Cl2N6O3.HI/c1-2-19-16(20-3-4-23-10-14(8-22-23)24(26)27)21-9-15(25)11-5-12(17)7-13(18)6-11;/h5-8,10,15,25H,2-4,9H2,1H3,(H2,19,20,21);1H. The van der Waals surface area contributed by atoms with E-state index in [1.54, 1.807) is 18.2 Å². The van der Waals surface area contributed by atoms with E-state index < -0.39 is 11.0 Å². The lowest BCUT2D eigenvalue weighted by Gasteiger charge is -2.14. The Hall–Kier alpha value is -1.63. The fourth-order valence-corrected chi connectivity index (χ4v) is 2.79. The van der Waals surface area contributed by atoms with E-state index in [0.29, 0.717) is 41.2 Å². The summed E-state index contributed by atoms with van der Waals surface area (Å²) in [6.45, 7) is 3.53. The molecular formula is C16H21Cl2IN6O3. The van der Waals surface area contributed by atoms with Crippen LogP contribution in [0.1, 0.15) is 18.6 Å². The van der Waals surface area contributed by atoms with E-state index >= 15 is 0 Å². The second kappa shape index (κ2) is 12.0. The van der Waals surface area contributed by atoms with E-state index in [-0.39, 0.29) is 36.2 Å². The molecule has 12 heteroatoms. The summed E-state index contributed by atoms with van der Waals surface area (Å²) in [5.41, 5.74) is 0.523. The molecule has 2 rings (SSSR count). The summed E-state index contributed by atoms with van der Waals surface area (Å²) in [5, 5.41) is 31.9. The summed E-state index contributed by atoms with van der Waals surface area (Å²) in [7, 11) is 0. The SMILES string of the molecule is CCNC(=NCC(O)c1cc(Cl)cc(Cl)c1)NCCn1cc([N+](=O)[O-])cn1.I. The fraction of sp³-hybridized carbons (Fsp3) is 0.375. The lowest BCUT2D eigenvalue weighted by Crippen LogP contribution is -2.39. The van der Waals surface area contributed by atoms with Crippen LogP contribution in [0.4, 0.5) is 5.69 Å². The Morgan fingerprint density at radius 1 is 1.36 bits per heavy atom. The highest BCUT2D eigenvalue weighted by atomic mass is 127. The van der Waals surface area contributed by atoms with Crippen molar-refractivity contribution in [2.75, 3.05) is 19.6 Å². The molecule has 3 N–H and O–H groups in total. The summed E-state index contributed by atoms with van der Waals surface area (Å²) >= 11 is 11.9. The van der Waals surface area contributed by atoms with E-state index in [9.17, 15) is 15.2 Å².